The highest BCUT2D eigenvalue weighted by atomic mass is 16.3. The Labute approximate surface area is 83.9 Å². The van der Waals surface area contributed by atoms with E-state index in [1.807, 2.05) is 0 Å². The van der Waals surface area contributed by atoms with Crippen molar-refractivity contribution in [3.05, 3.63) is 0 Å². The van der Waals surface area contributed by atoms with Gasteiger partial charge in [0.1, 0.15) is 0 Å². The zero-order valence-electron chi connectivity index (χ0n) is 8.38. The van der Waals surface area contributed by atoms with E-state index in [0.29, 0.717) is 6.54 Å². The molecule has 0 bridgehead atoms. The average Bonchev–Trinajstić information content (AvgIpc) is 3.03. The number of amides is 1. The van der Waals surface area contributed by atoms with E-state index in [2.05, 4.69) is 5.32 Å². The van der Waals surface area contributed by atoms with Crippen LogP contribution in [0, 0.1) is 5.41 Å². The maximum absolute atomic E-state index is 11.5. The van der Waals surface area contributed by atoms with Gasteiger partial charge < -0.3 is 16.2 Å². The molecule has 4 nitrogen and oxygen atoms in total. The molecule has 2 rings (SSSR count). The van der Waals surface area contributed by atoms with Crippen LogP contribution in [0.1, 0.15) is 32.1 Å². The fourth-order valence-electron chi connectivity index (χ4n) is 1.73. The molecule has 80 valence electrons. The molecule has 0 heterocycles. The minimum atomic E-state index is -0.560. The molecular weight excluding hydrogens is 180 g/mol. The third kappa shape index (κ3) is 1.91. The van der Waals surface area contributed by atoms with Crippen LogP contribution >= 0.6 is 0 Å². The van der Waals surface area contributed by atoms with Crippen LogP contribution in [0.3, 0.4) is 0 Å². The Balaban J connectivity index is 1.74. The van der Waals surface area contributed by atoms with Crippen molar-refractivity contribution in [2.75, 3.05) is 13.2 Å². The highest BCUT2D eigenvalue weighted by molar-refractivity contribution is 5.89. The van der Waals surface area contributed by atoms with Crippen molar-refractivity contribution < 1.29 is 9.90 Å². The zero-order valence-corrected chi connectivity index (χ0v) is 8.38. The third-order valence-corrected chi connectivity index (χ3v) is 3.46. The quantitative estimate of drug-likeness (QED) is 0.570. The maximum Gasteiger partial charge on any atom is 0.240 e. The van der Waals surface area contributed by atoms with Crippen LogP contribution in [0.4, 0.5) is 0 Å². The highest BCUT2D eigenvalue weighted by Gasteiger charge is 2.48. The molecule has 14 heavy (non-hydrogen) atoms. The lowest BCUT2D eigenvalue weighted by molar-refractivity contribution is -0.123. The van der Waals surface area contributed by atoms with Crippen LogP contribution in [0.2, 0.25) is 0 Å². The van der Waals surface area contributed by atoms with E-state index in [9.17, 15) is 4.79 Å². The van der Waals surface area contributed by atoms with E-state index >= 15 is 0 Å². The van der Waals surface area contributed by atoms with Crippen molar-refractivity contribution in [3.8, 4) is 0 Å². The van der Waals surface area contributed by atoms with E-state index in [1.165, 1.54) is 0 Å². The summed E-state index contributed by atoms with van der Waals surface area (Å²) in [7, 11) is 0. The summed E-state index contributed by atoms with van der Waals surface area (Å²) in [4.78, 5) is 11.5. The number of aliphatic hydroxyl groups excluding tert-OH is 1. The van der Waals surface area contributed by atoms with Crippen LogP contribution in [0.5, 0.6) is 0 Å². The standard InChI is InChI=1S/C10H18N2O2/c11-10(3-4-10)8(14)12-7-9(1-2-9)5-6-13/h13H,1-7,11H2,(H,12,14). The second-order valence-corrected chi connectivity index (χ2v) is 4.81. The molecule has 4 heteroatoms. The first-order valence-corrected chi connectivity index (χ1v) is 5.28. The number of nitrogens with two attached hydrogens (primary N) is 1. The van der Waals surface area contributed by atoms with Gasteiger partial charge in [-0.1, -0.05) is 0 Å². The van der Waals surface area contributed by atoms with E-state index in [-0.39, 0.29) is 17.9 Å². The number of carbonyl (C=O) groups is 1. The molecule has 2 fully saturated rings. The Morgan fingerprint density at radius 3 is 2.43 bits per heavy atom. The monoisotopic (exact) mass is 198 g/mol. The van der Waals surface area contributed by atoms with Crippen LogP contribution in [-0.2, 0) is 4.79 Å². The molecule has 0 aliphatic heterocycles. The molecule has 0 unspecified atom stereocenters. The SMILES string of the molecule is NC1(C(=O)NCC2(CCO)CC2)CC1. The number of rotatable bonds is 5. The zero-order chi connectivity index (χ0) is 10.2. The second-order valence-electron chi connectivity index (χ2n) is 4.81. The van der Waals surface area contributed by atoms with Gasteiger partial charge in [-0.05, 0) is 37.5 Å². The fourth-order valence-corrected chi connectivity index (χ4v) is 1.73. The van der Waals surface area contributed by atoms with E-state index in [0.717, 1.165) is 32.1 Å². The van der Waals surface area contributed by atoms with Gasteiger partial charge in [0.05, 0.1) is 5.54 Å². The summed E-state index contributed by atoms with van der Waals surface area (Å²) in [6.07, 6.45) is 4.65. The molecule has 0 atom stereocenters. The van der Waals surface area contributed by atoms with Gasteiger partial charge in [-0.25, -0.2) is 0 Å². The third-order valence-electron chi connectivity index (χ3n) is 3.46. The summed E-state index contributed by atoms with van der Waals surface area (Å²) in [5, 5.41) is 11.7. The average molecular weight is 198 g/mol. The summed E-state index contributed by atoms with van der Waals surface area (Å²) in [6.45, 7) is 0.898. The van der Waals surface area contributed by atoms with E-state index < -0.39 is 5.54 Å². The lowest BCUT2D eigenvalue weighted by Gasteiger charge is -2.16. The van der Waals surface area contributed by atoms with Crippen molar-refractivity contribution in [1.29, 1.82) is 0 Å². The molecule has 2 saturated carbocycles. The number of carbonyl (C=O) groups excluding carboxylic acids is 1. The largest absolute Gasteiger partial charge is 0.396 e. The molecule has 0 spiro atoms. The molecule has 0 aromatic heterocycles. The van der Waals surface area contributed by atoms with E-state index in [4.69, 9.17) is 10.8 Å². The maximum atomic E-state index is 11.5. The first kappa shape index (κ1) is 9.93. The molecular formula is C10H18N2O2. The second kappa shape index (κ2) is 3.21. The normalized spacial score (nSPS) is 25.6. The fraction of sp³-hybridized carbons (Fsp3) is 0.900. The summed E-state index contributed by atoms with van der Waals surface area (Å²) in [5.74, 6) is -0.0123. The van der Waals surface area contributed by atoms with Crippen molar-refractivity contribution in [3.63, 3.8) is 0 Å². The summed E-state index contributed by atoms with van der Waals surface area (Å²) in [5.41, 5.74) is 5.38. The van der Waals surface area contributed by atoms with Gasteiger partial charge in [0, 0.05) is 13.2 Å². The lowest BCUT2D eigenvalue weighted by atomic mass is 10.0. The lowest BCUT2D eigenvalue weighted by Crippen LogP contribution is -2.44. The minimum Gasteiger partial charge on any atom is -0.396 e. The van der Waals surface area contributed by atoms with Crippen LogP contribution in [0.15, 0.2) is 0 Å². The van der Waals surface area contributed by atoms with Crippen molar-refractivity contribution in [2.45, 2.75) is 37.6 Å². The van der Waals surface area contributed by atoms with Gasteiger partial charge in [0.15, 0.2) is 0 Å². The number of aliphatic hydroxyl groups is 1. The minimum absolute atomic E-state index is 0.0123. The Morgan fingerprint density at radius 1 is 1.36 bits per heavy atom. The van der Waals surface area contributed by atoms with Gasteiger partial charge in [0.25, 0.3) is 0 Å². The predicted octanol–water partition coefficient (Wildman–Crippen LogP) is -0.244. The predicted molar refractivity (Wildman–Crippen MR) is 52.5 cm³/mol. The van der Waals surface area contributed by atoms with Gasteiger partial charge in [-0.15, -0.1) is 0 Å². The van der Waals surface area contributed by atoms with Gasteiger partial charge in [-0.3, -0.25) is 4.79 Å². The summed E-state index contributed by atoms with van der Waals surface area (Å²) in [6, 6.07) is 0. The Hall–Kier alpha value is -0.610. The Kier molecular flexibility index (Phi) is 2.27. The van der Waals surface area contributed by atoms with Crippen molar-refractivity contribution >= 4 is 5.91 Å². The number of hydrogen-bond donors (Lipinski definition) is 3. The first-order chi connectivity index (χ1) is 6.60. The van der Waals surface area contributed by atoms with Gasteiger partial charge >= 0.3 is 0 Å². The smallest absolute Gasteiger partial charge is 0.240 e. The molecule has 0 saturated heterocycles. The molecule has 2 aliphatic carbocycles. The Bertz CT molecular complexity index is 245. The molecule has 2 aliphatic rings. The van der Waals surface area contributed by atoms with E-state index in [1.54, 1.807) is 0 Å². The molecule has 0 radical (unpaired) electrons. The number of nitrogens with one attached hydrogen (secondary N) is 1. The van der Waals surface area contributed by atoms with Crippen molar-refractivity contribution in [1.82, 2.24) is 5.32 Å². The van der Waals surface area contributed by atoms with Crippen molar-refractivity contribution in [2.24, 2.45) is 11.1 Å². The highest BCUT2D eigenvalue weighted by Crippen LogP contribution is 2.48. The summed E-state index contributed by atoms with van der Waals surface area (Å²) < 4.78 is 0. The number of hydrogen-bond acceptors (Lipinski definition) is 3. The Morgan fingerprint density at radius 2 is 2.00 bits per heavy atom. The van der Waals surface area contributed by atoms with Gasteiger partial charge in [0.2, 0.25) is 5.91 Å². The molecule has 0 aromatic rings. The van der Waals surface area contributed by atoms with Gasteiger partial charge in [-0.2, -0.15) is 0 Å². The van der Waals surface area contributed by atoms with Crippen LogP contribution < -0.4 is 11.1 Å². The van der Waals surface area contributed by atoms with Crippen LogP contribution in [0.25, 0.3) is 0 Å². The first-order valence-electron chi connectivity index (χ1n) is 5.28. The van der Waals surface area contributed by atoms with Crippen LogP contribution in [-0.4, -0.2) is 29.7 Å². The molecule has 4 N–H and O–H groups in total. The summed E-state index contributed by atoms with van der Waals surface area (Å²) >= 11 is 0. The molecule has 0 aromatic carbocycles. The molecule has 1 amide bonds. The topological polar surface area (TPSA) is 75.4 Å².